The first-order valence-electron chi connectivity index (χ1n) is 6.39. The van der Waals surface area contributed by atoms with Crippen molar-refractivity contribution in [1.29, 1.82) is 0 Å². The van der Waals surface area contributed by atoms with Gasteiger partial charge in [-0.1, -0.05) is 30.3 Å². The quantitative estimate of drug-likeness (QED) is 0.730. The summed E-state index contributed by atoms with van der Waals surface area (Å²) in [5.41, 5.74) is 1.07. The molecule has 0 spiro atoms. The smallest absolute Gasteiger partial charge is 0.345 e. The zero-order valence-electron chi connectivity index (χ0n) is 11.3. The van der Waals surface area contributed by atoms with Crippen LogP contribution in [-0.4, -0.2) is 34.6 Å². The van der Waals surface area contributed by atoms with Gasteiger partial charge < -0.3 is 14.9 Å². The van der Waals surface area contributed by atoms with Gasteiger partial charge in [-0.2, -0.15) is 0 Å². The van der Waals surface area contributed by atoms with Gasteiger partial charge in [0.2, 0.25) is 0 Å². The topological polar surface area (TPSA) is 66.8 Å². The molecule has 0 bridgehead atoms. The molecular weight excluding hydrogens is 308 g/mol. The molecule has 112 valence electrons. The molecule has 0 aliphatic rings. The molecule has 0 aliphatic carbocycles. The standard InChI is InChI=1S/C15H16O4S2/c16-12(8-19-7-11-4-2-1-3-5-11)9-20-13-6-14(15(17)18)21-10-13/h1-6,10,12,16H,7-9H2,(H,17,18). The lowest BCUT2D eigenvalue weighted by atomic mass is 10.2. The van der Waals surface area contributed by atoms with Crippen molar-refractivity contribution in [1.82, 2.24) is 0 Å². The average molecular weight is 324 g/mol. The van der Waals surface area contributed by atoms with Crippen LogP contribution in [0.2, 0.25) is 0 Å². The van der Waals surface area contributed by atoms with Crippen LogP contribution in [0.15, 0.2) is 46.7 Å². The molecule has 0 aliphatic heterocycles. The summed E-state index contributed by atoms with van der Waals surface area (Å²) in [5, 5.41) is 20.5. The maximum atomic E-state index is 10.8. The van der Waals surface area contributed by atoms with Crippen molar-refractivity contribution < 1.29 is 19.7 Å². The van der Waals surface area contributed by atoms with Gasteiger partial charge in [-0.3, -0.25) is 0 Å². The number of carbonyl (C=O) groups is 1. The summed E-state index contributed by atoms with van der Waals surface area (Å²) in [6.45, 7) is 0.738. The summed E-state index contributed by atoms with van der Waals surface area (Å²) in [7, 11) is 0. The number of carboxylic acid groups (broad SMARTS) is 1. The van der Waals surface area contributed by atoms with Crippen LogP contribution in [0.4, 0.5) is 0 Å². The second-order valence-corrected chi connectivity index (χ2v) is 6.42. The summed E-state index contributed by atoms with van der Waals surface area (Å²) < 4.78 is 5.46. The fraction of sp³-hybridized carbons (Fsp3) is 0.267. The highest BCUT2D eigenvalue weighted by Gasteiger charge is 2.10. The van der Waals surface area contributed by atoms with Gasteiger partial charge >= 0.3 is 5.97 Å². The molecule has 1 heterocycles. The Morgan fingerprint density at radius 1 is 1.33 bits per heavy atom. The van der Waals surface area contributed by atoms with Gasteiger partial charge in [-0.25, -0.2) is 4.79 Å². The molecule has 1 aromatic heterocycles. The highest BCUT2D eigenvalue weighted by atomic mass is 32.2. The van der Waals surface area contributed by atoms with E-state index in [0.29, 0.717) is 17.2 Å². The number of hydrogen-bond acceptors (Lipinski definition) is 5. The molecular formula is C15H16O4S2. The number of benzene rings is 1. The average Bonchev–Trinajstić information content (AvgIpc) is 2.95. The van der Waals surface area contributed by atoms with Crippen LogP contribution in [0.5, 0.6) is 0 Å². The maximum absolute atomic E-state index is 10.8. The van der Waals surface area contributed by atoms with Crippen LogP contribution < -0.4 is 0 Å². The second-order valence-electron chi connectivity index (χ2n) is 4.42. The number of aromatic carboxylic acids is 1. The van der Waals surface area contributed by atoms with Crippen molar-refractivity contribution >= 4 is 29.1 Å². The minimum Gasteiger partial charge on any atom is -0.477 e. The van der Waals surface area contributed by atoms with Gasteiger partial charge in [0.05, 0.1) is 19.3 Å². The van der Waals surface area contributed by atoms with Crippen molar-refractivity contribution in [3.05, 3.63) is 52.2 Å². The summed E-state index contributed by atoms with van der Waals surface area (Å²) >= 11 is 2.62. The first kappa shape index (κ1) is 16.0. The van der Waals surface area contributed by atoms with E-state index in [4.69, 9.17) is 9.84 Å². The Kier molecular flexibility index (Phi) is 6.25. The predicted octanol–water partition coefficient (Wildman–Crippen LogP) is 3.12. The molecule has 0 saturated carbocycles. The Labute approximate surface area is 131 Å². The van der Waals surface area contributed by atoms with Gasteiger partial charge in [0.25, 0.3) is 0 Å². The van der Waals surface area contributed by atoms with Gasteiger partial charge in [0, 0.05) is 16.0 Å². The molecule has 21 heavy (non-hydrogen) atoms. The first-order chi connectivity index (χ1) is 10.1. The van der Waals surface area contributed by atoms with Crippen molar-refractivity contribution in [3.63, 3.8) is 0 Å². The molecule has 0 fully saturated rings. The summed E-state index contributed by atoms with van der Waals surface area (Å²) in [5.74, 6) is -0.441. The molecule has 1 aromatic carbocycles. The lowest BCUT2D eigenvalue weighted by Gasteiger charge is -2.10. The minimum atomic E-state index is -0.918. The van der Waals surface area contributed by atoms with E-state index in [1.807, 2.05) is 30.3 Å². The van der Waals surface area contributed by atoms with Crippen LogP contribution >= 0.6 is 23.1 Å². The normalized spacial score (nSPS) is 12.2. The molecule has 2 rings (SSSR count). The molecule has 1 atom stereocenters. The third-order valence-corrected chi connectivity index (χ3v) is 4.84. The van der Waals surface area contributed by atoms with E-state index in [-0.39, 0.29) is 6.61 Å². The number of thioether (sulfide) groups is 1. The van der Waals surface area contributed by atoms with Crippen LogP contribution in [0, 0.1) is 0 Å². The molecule has 1 unspecified atom stereocenters. The van der Waals surface area contributed by atoms with Crippen molar-refractivity contribution in [2.75, 3.05) is 12.4 Å². The number of ether oxygens (including phenoxy) is 1. The van der Waals surface area contributed by atoms with Gasteiger partial charge in [0.15, 0.2) is 0 Å². The minimum absolute atomic E-state index is 0.262. The van der Waals surface area contributed by atoms with Crippen molar-refractivity contribution in [3.8, 4) is 0 Å². The SMILES string of the molecule is O=C(O)c1cc(SCC(O)COCc2ccccc2)cs1. The van der Waals surface area contributed by atoms with E-state index in [2.05, 4.69) is 0 Å². The van der Waals surface area contributed by atoms with Gasteiger partial charge in [-0.05, 0) is 11.6 Å². The Balaban J connectivity index is 1.67. The fourth-order valence-corrected chi connectivity index (χ4v) is 3.41. The lowest BCUT2D eigenvalue weighted by molar-refractivity contribution is 0.0398. The maximum Gasteiger partial charge on any atom is 0.345 e. The highest BCUT2D eigenvalue weighted by molar-refractivity contribution is 7.99. The molecule has 6 heteroatoms. The molecule has 2 N–H and O–H groups in total. The van der Waals surface area contributed by atoms with E-state index >= 15 is 0 Å². The first-order valence-corrected chi connectivity index (χ1v) is 8.26. The van der Waals surface area contributed by atoms with Crippen LogP contribution in [-0.2, 0) is 11.3 Å². The van der Waals surface area contributed by atoms with E-state index in [1.165, 1.54) is 23.1 Å². The summed E-state index contributed by atoms with van der Waals surface area (Å²) in [6, 6.07) is 11.4. The number of rotatable bonds is 8. The molecule has 4 nitrogen and oxygen atoms in total. The number of aliphatic hydroxyl groups is 1. The van der Waals surface area contributed by atoms with Crippen LogP contribution in [0.1, 0.15) is 15.2 Å². The number of thiophene rings is 1. The number of aliphatic hydroxyl groups excluding tert-OH is 1. The zero-order valence-corrected chi connectivity index (χ0v) is 12.9. The lowest BCUT2D eigenvalue weighted by Crippen LogP contribution is -2.17. The van der Waals surface area contributed by atoms with Gasteiger partial charge in [-0.15, -0.1) is 23.1 Å². The van der Waals surface area contributed by atoms with Crippen LogP contribution in [0.25, 0.3) is 0 Å². The van der Waals surface area contributed by atoms with Crippen molar-refractivity contribution in [2.24, 2.45) is 0 Å². The Bertz CT molecular complexity index is 568. The zero-order chi connectivity index (χ0) is 15.1. The largest absolute Gasteiger partial charge is 0.477 e. The Hall–Kier alpha value is -1.34. The van der Waals surface area contributed by atoms with Crippen molar-refractivity contribution in [2.45, 2.75) is 17.6 Å². The molecule has 2 aromatic rings. The summed E-state index contributed by atoms with van der Waals surface area (Å²) in [6.07, 6.45) is -0.577. The highest BCUT2D eigenvalue weighted by Crippen LogP contribution is 2.25. The Morgan fingerprint density at radius 2 is 2.10 bits per heavy atom. The second kappa shape index (κ2) is 8.19. The molecule has 0 amide bonds. The third-order valence-electron chi connectivity index (χ3n) is 2.65. The predicted molar refractivity (Wildman–Crippen MR) is 84.1 cm³/mol. The monoisotopic (exact) mass is 324 g/mol. The van der Waals surface area contributed by atoms with E-state index in [0.717, 1.165) is 10.5 Å². The van der Waals surface area contributed by atoms with E-state index < -0.39 is 12.1 Å². The fourth-order valence-electron chi connectivity index (χ4n) is 1.63. The third kappa shape index (κ3) is 5.51. The van der Waals surface area contributed by atoms with Gasteiger partial charge in [0.1, 0.15) is 4.88 Å². The number of hydrogen-bond donors (Lipinski definition) is 2. The molecule has 0 saturated heterocycles. The summed E-state index contributed by atoms with van der Waals surface area (Å²) in [4.78, 5) is 11.9. The van der Waals surface area contributed by atoms with E-state index in [1.54, 1.807) is 11.4 Å². The Morgan fingerprint density at radius 3 is 2.76 bits per heavy atom. The number of carboxylic acids is 1. The van der Waals surface area contributed by atoms with Crippen LogP contribution in [0.3, 0.4) is 0 Å². The van der Waals surface area contributed by atoms with E-state index in [9.17, 15) is 9.90 Å². The molecule has 0 radical (unpaired) electrons.